The molecule has 19 heavy (non-hydrogen) atoms. The van der Waals surface area contributed by atoms with Crippen LogP contribution in [0.5, 0.6) is 0 Å². The van der Waals surface area contributed by atoms with Gasteiger partial charge >= 0.3 is 0 Å². The standard InChI is InChI=1S/C14H15BrN4/c1-4-5-19-13(16)12(18-14(19)9(2)3)10-6-11(15)8-17-7-10/h1,6-9H,5,16H2,2-3H3. The van der Waals surface area contributed by atoms with Crippen LogP contribution in [0.15, 0.2) is 22.9 Å². The van der Waals surface area contributed by atoms with Gasteiger partial charge in [-0.3, -0.25) is 4.98 Å². The third-order valence-corrected chi connectivity index (χ3v) is 3.21. The number of nitrogen functional groups attached to an aromatic ring is 1. The van der Waals surface area contributed by atoms with Crippen LogP contribution in [-0.4, -0.2) is 14.5 Å². The molecule has 2 N–H and O–H groups in total. The molecule has 0 aliphatic rings. The van der Waals surface area contributed by atoms with E-state index in [-0.39, 0.29) is 5.92 Å². The van der Waals surface area contributed by atoms with E-state index >= 15 is 0 Å². The Bertz CT molecular complexity index is 637. The second-order valence-corrected chi connectivity index (χ2v) is 5.46. The van der Waals surface area contributed by atoms with Gasteiger partial charge in [0.05, 0.1) is 6.54 Å². The van der Waals surface area contributed by atoms with Gasteiger partial charge in [-0.15, -0.1) is 6.42 Å². The molecule has 0 atom stereocenters. The lowest BCUT2D eigenvalue weighted by Crippen LogP contribution is -2.07. The number of anilines is 1. The number of rotatable bonds is 3. The maximum absolute atomic E-state index is 6.17. The molecule has 2 aromatic rings. The minimum Gasteiger partial charge on any atom is -0.383 e. The topological polar surface area (TPSA) is 56.7 Å². The molecule has 0 radical (unpaired) electrons. The van der Waals surface area contributed by atoms with Gasteiger partial charge in [0, 0.05) is 28.3 Å². The van der Waals surface area contributed by atoms with Gasteiger partial charge in [0.2, 0.25) is 0 Å². The highest BCUT2D eigenvalue weighted by Crippen LogP contribution is 2.30. The van der Waals surface area contributed by atoms with E-state index in [4.69, 9.17) is 12.2 Å². The second-order valence-electron chi connectivity index (χ2n) is 4.54. The summed E-state index contributed by atoms with van der Waals surface area (Å²) in [5.74, 6) is 4.35. The lowest BCUT2D eigenvalue weighted by molar-refractivity contribution is 0.691. The first-order valence-corrected chi connectivity index (χ1v) is 6.74. The van der Waals surface area contributed by atoms with Gasteiger partial charge in [-0.2, -0.15) is 0 Å². The molecule has 2 heterocycles. The number of nitrogens with zero attached hydrogens (tertiary/aromatic N) is 3. The molecule has 0 aromatic carbocycles. The van der Waals surface area contributed by atoms with Crippen LogP contribution in [0.3, 0.4) is 0 Å². The van der Waals surface area contributed by atoms with Crippen molar-refractivity contribution in [3.63, 3.8) is 0 Å². The van der Waals surface area contributed by atoms with Gasteiger partial charge < -0.3 is 10.3 Å². The molecule has 0 amide bonds. The van der Waals surface area contributed by atoms with Crippen molar-refractivity contribution in [2.24, 2.45) is 0 Å². The lowest BCUT2D eigenvalue weighted by Gasteiger charge is -2.08. The number of pyridine rings is 1. The fourth-order valence-electron chi connectivity index (χ4n) is 1.94. The Kier molecular flexibility index (Phi) is 3.91. The van der Waals surface area contributed by atoms with Crippen LogP contribution < -0.4 is 5.73 Å². The van der Waals surface area contributed by atoms with Crippen LogP contribution in [-0.2, 0) is 6.54 Å². The molecule has 0 fully saturated rings. The number of imidazole rings is 1. The first kappa shape index (κ1) is 13.6. The van der Waals surface area contributed by atoms with Gasteiger partial charge in [-0.05, 0) is 22.0 Å². The molecule has 98 valence electrons. The number of hydrogen-bond donors (Lipinski definition) is 1. The molecule has 0 aliphatic heterocycles. The summed E-state index contributed by atoms with van der Waals surface area (Å²) in [6, 6.07) is 1.94. The van der Waals surface area contributed by atoms with Crippen molar-refractivity contribution in [2.75, 3.05) is 5.73 Å². The average Bonchev–Trinajstić information content (AvgIpc) is 2.68. The average molecular weight is 319 g/mol. The zero-order valence-corrected chi connectivity index (χ0v) is 12.5. The Hall–Kier alpha value is -1.80. The van der Waals surface area contributed by atoms with Gasteiger partial charge in [0.15, 0.2) is 0 Å². The highest BCUT2D eigenvalue weighted by molar-refractivity contribution is 9.10. The molecule has 0 bridgehead atoms. The van der Waals surface area contributed by atoms with E-state index in [9.17, 15) is 0 Å². The van der Waals surface area contributed by atoms with Crippen molar-refractivity contribution < 1.29 is 0 Å². The maximum atomic E-state index is 6.17. The fourth-order valence-corrected chi connectivity index (χ4v) is 2.30. The van der Waals surface area contributed by atoms with Crippen molar-refractivity contribution in [1.82, 2.24) is 14.5 Å². The normalized spacial score (nSPS) is 10.7. The van der Waals surface area contributed by atoms with Crippen molar-refractivity contribution in [3.8, 4) is 23.6 Å². The molecular formula is C14H15BrN4. The summed E-state index contributed by atoms with van der Waals surface area (Å²) < 4.78 is 2.77. The quantitative estimate of drug-likeness (QED) is 0.885. The SMILES string of the molecule is C#CCn1c(C(C)C)nc(-c2cncc(Br)c2)c1N. The summed E-state index contributed by atoms with van der Waals surface area (Å²) in [6.45, 7) is 4.56. The molecule has 2 aromatic heterocycles. The third-order valence-electron chi connectivity index (χ3n) is 2.78. The zero-order chi connectivity index (χ0) is 14.0. The summed E-state index contributed by atoms with van der Waals surface area (Å²) in [6.07, 6.45) is 8.86. The van der Waals surface area contributed by atoms with Gasteiger partial charge in [-0.1, -0.05) is 19.8 Å². The molecule has 5 heteroatoms. The van der Waals surface area contributed by atoms with E-state index in [2.05, 4.69) is 45.7 Å². The Balaban J connectivity index is 2.59. The van der Waals surface area contributed by atoms with E-state index in [1.54, 1.807) is 12.4 Å². The predicted octanol–water partition coefficient (Wildman–Crippen LogP) is 3.05. The van der Waals surface area contributed by atoms with Crippen LogP contribution in [0.25, 0.3) is 11.3 Å². The fraction of sp³-hybridized carbons (Fsp3) is 0.286. The molecule has 4 nitrogen and oxygen atoms in total. The lowest BCUT2D eigenvalue weighted by atomic mass is 10.2. The summed E-state index contributed by atoms with van der Waals surface area (Å²) in [5, 5.41) is 0. The van der Waals surface area contributed by atoms with Crippen molar-refractivity contribution in [1.29, 1.82) is 0 Å². The second kappa shape index (κ2) is 5.45. The number of nitrogens with two attached hydrogens (primary N) is 1. The summed E-state index contributed by atoms with van der Waals surface area (Å²) in [5.41, 5.74) is 7.78. The number of terminal acetylenes is 1. The van der Waals surface area contributed by atoms with E-state index in [1.165, 1.54) is 0 Å². The molecular weight excluding hydrogens is 304 g/mol. The van der Waals surface area contributed by atoms with E-state index in [1.807, 2.05) is 10.6 Å². The highest BCUT2D eigenvalue weighted by Gasteiger charge is 2.18. The Morgan fingerprint density at radius 1 is 1.47 bits per heavy atom. The summed E-state index contributed by atoms with van der Waals surface area (Å²) in [4.78, 5) is 8.76. The summed E-state index contributed by atoms with van der Waals surface area (Å²) in [7, 11) is 0. The maximum Gasteiger partial charge on any atom is 0.132 e. The van der Waals surface area contributed by atoms with Crippen LogP contribution in [0.2, 0.25) is 0 Å². The number of hydrogen-bond acceptors (Lipinski definition) is 3. The summed E-state index contributed by atoms with van der Waals surface area (Å²) >= 11 is 3.40. The molecule has 0 spiro atoms. The first-order chi connectivity index (χ1) is 9.04. The van der Waals surface area contributed by atoms with Crippen molar-refractivity contribution >= 4 is 21.7 Å². The smallest absolute Gasteiger partial charge is 0.132 e. The molecule has 2 rings (SSSR count). The van der Waals surface area contributed by atoms with Crippen molar-refractivity contribution in [2.45, 2.75) is 26.3 Å². The van der Waals surface area contributed by atoms with Crippen LogP contribution >= 0.6 is 15.9 Å². The Morgan fingerprint density at radius 2 is 2.21 bits per heavy atom. The predicted molar refractivity (Wildman–Crippen MR) is 80.5 cm³/mol. The first-order valence-electron chi connectivity index (χ1n) is 5.95. The van der Waals surface area contributed by atoms with E-state index < -0.39 is 0 Å². The van der Waals surface area contributed by atoms with Crippen LogP contribution in [0, 0.1) is 12.3 Å². The largest absolute Gasteiger partial charge is 0.383 e. The van der Waals surface area contributed by atoms with Crippen LogP contribution in [0.1, 0.15) is 25.6 Å². The van der Waals surface area contributed by atoms with Gasteiger partial charge in [0.1, 0.15) is 17.3 Å². The van der Waals surface area contributed by atoms with Crippen molar-refractivity contribution in [3.05, 3.63) is 28.8 Å². The minimum absolute atomic E-state index is 0.254. The molecule has 0 saturated heterocycles. The Morgan fingerprint density at radius 3 is 2.79 bits per heavy atom. The van der Waals surface area contributed by atoms with E-state index in [0.717, 1.165) is 21.6 Å². The number of aromatic nitrogens is 3. The highest BCUT2D eigenvalue weighted by atomic mass is 79.9. The molecule has 0 saturated carbocycles. The molecule has 0 unspecified atom stereocenters. The van der Waals surface area contributed by atoms with E-state index in [0.29, 0.717) is 12.4 Å². The van der Waals surface area contributed by atoms with Gasteiger partial charge in [0.25, 0.3) is 0 Å². The monoisotopic (exact) mass is 318 g/mol. The third kappa shape index (κ3) is 2.64. The van der Waals surface area contributed by atoms with Crippen LogP contribution in [0.4, 0.5) is 5.82 Å². The molecule has 0 aliphatic carbocycles. The minimum atomic E-state index is 0.254. The van der Waals surface area contributed by atoms with Gasteiger partial charge in [-0.25, -0.2) is 4.98 Å². The zero-order valence-electron chi connectivity index (χ0n) is 10.9. The number of halogens is 1. The Labute approximate surface area is 121 Å².